The number of benzene rings is 3. The lowest BCUT2D eigenvalue weighted by molar-refractivity contribution is -0.120. The molecular formula is C29H26N2O6S. The van der Waals surface area contributed by atoms with E-state index in [2.05, 4.69) is 5.32 Å². The third kappa shape index (κ3) is 5.78. The Hall–Kier alpha value is -4.37. The van der Waals surface area contributed by atoms with Gasteiger partial charge in [0.05, 0.1) is 30.5 Å². The lowest BCUT2D eigenvalue weighted by Gasteiger charge is -2.16. The average molecular weight is 531 g/mol. The Morgan fingerprint density at radius 3 is 2.26 bits per heavy atom. The lowest BCUT2D eigenvalue weighted by atomic mass is 10.2. The number of rotatable bonds is 9. The number of aryl methyl sites for hydroxylation is 1. The summed E-state index contributed by atoms with van der Waals surface area (Å²) in [6, 6.07) is 20.2. The number of carbonyl (C=O) groups is 4. The Bertz CT molecular complexity index is 1410. The first kappa shape index (κ1) is 26.7. The van der Waals surface area contributed by atoms with Crippen LogP contribution >= 0.6 is 11.8 Å². The summed E-state index contributed by atoms with van der Waals surface area (Å²) in [5, 5.41) is 3.04. The molecule has 3 aromatic rings. The highest BCUT2D eigenvalue weighted by Crippen LogP contribution is 2.38. The van der Waals surface area contributed by atoms with Crippen molar-refractivity contribution in [2.45, 2.75) is 25.2 Å². The topological polar surface area (TPSA) is 102 Å². The molecule has 0 saturated carbocycles. The molecule has 0 spiro atoms. The zero-order valence-corrected chi connectivity index (χ0v) is 22.0. The van der Waals surface area contributed by atoms with Crippen molar-refractivity contribution < 1.29 is 28.7 Å². The quantitative estimate of drug-likeness (QED) is 0.292. The maximum atomic E-state index is 13.6. The first-order valence-corrected chi connectivity index (χ1v) is 12.7. The number of imide groups is 1. The number of carbonyl (C=O) groups excluding carboxylic acids is 4. The normalized spacial score (nSPS) is 13.1. The number of anilines is 2. The second kappa shape index (κ2) is 11.8. The fraction of sp³-hybridized carbons (Fsp3) is 0.172. The third-order valence-corrected chi connectivity index (χ3v) is 6.72. The van der Waals surface area contributed by atoms with E-state index in [0.29, 0.717) is 35.5 Å². The standard InChI is InChI=1S/C29H26N2O6S/c1-4-16-37-29(35)19-10-12-22(13-11-19)31-26(32)24(30-21-7-5-6-20(17-21)28(34)36-3)25(27(31)33)38-23-14-8-18(2)9-15-23/h5-15,17,30H,4,16H2,1-3H3. The van der Waals surface area contributed by atoms with Crippen LogP contribution in [0.2, 0.25) is 0 Å². The second-order valence-corrected chi connectivity index (χ2v) is 9.53. The van der Waals surface area contributed by atoms with Gasteiger partial charge in [-0.15, -0.1) is 0 Å². The van der Waals surface area contributed by atoms with Crippen LogP contribution in [0.25, 0.3) is 0 Å². The van der Waals surface area contributed by atoms with Crippen molar-refractivity contribution in [1.82, 2.24) is 0 Å². The van der Waals surface area contributed by atoms with Crippen molar-refractivity contribution in [2.75, 3.05) is 23.9 Å². The first-order valence-electron chi connectivity index (χ1n) is 11.9. The molecule has 0 aliphatic carbocycles. The molecule has 4 rings (SSSR count). The van der Waals surface area contributed by atoms with E-state index in [-0.39, 0.29) is 10.6 Å². The predicted molar refractivity (Wildman–Crippen MR) is 145 cm³/mol. The summed E-state index contributed by atoms with van der Waals surface area (Å²) in [5.41, 5.74) is 2.52. The average Bonchev–Trinajstić information content (AvgIpc) is 3.16. The minimum atomic E-state index is -0.561. The smallest absolute Gasteiger partial charge is 0.338 e. The Kier molecular flexibility index (Phi) is 8.28. The molecule has 3 aromatic carbocycles. The van der Waals surface area contributed by atoms with Gasteiger partial charge in [0.2, 0.25) is 0 Å². The molecule has 0 saturated heterocycles. The molecular weight excluding hydrogens is 504 g/mol. The molecule has 1 N–H and O–H groups in total. The molecule has 1 aliphatic heterocycles. The molecule has 0 unspecified atom stereocenters. The molecule has 9 heteroatoms. The number of nitrogens with zero attached hydrogens (tertiary/aromatic N) is 1. The highest BCUT2D eigenvalue weighted by Gasteiger charge is 2.40. The molecule has 0 fully saturated rings. The maximum absolute atomic E-state index is 13.6. The summed E-state index contributed by atoms with van der Waals surface area (Å²) >= 11 is 1.17. The van der Waals surface area contributed by atoms with Crippen LogP contribution in [0.5, 0.6) is 0 Å². The van der Waals surface area contributed by atoms with E-state index in [1.165, 1.54) is 43.1 Å². The number of amides is 2. The molecule has 2 amide bonds. The summed E-state index contributed by atoms with van der Waals surface area (Å²) in [7, 11) is 1.28. The fourth-order valence-electron chi connectivity index (χ4n) is 3.68. The van der Waals surface area contributed by atoms with Crippen molar-refractivity contribution in [2.24, 2.45) is 0 Å². The zero-order chi connectivity index (χ0) is 27.2. The van der Waals surface area contributed by atoms with Gasteiger partial charge >= 0.3 is 11.9 Å². The van der Waals surface area contributed by atoms with Crippen LogP contribution in [0.15, 0.2) is 88.3 Å². The molecule has 0 bridgehead atoms. The summed E-state index contributed by atoms with van der Waals surface area (Å²) in [5.74, 6) is -2.06. The number of ether oxygens (including phenoxy) is 2. The Morgan fingerprint density at radius 2 is 1.61 bits per heavy atom. The fourth-order valence-corrected chi connectivity index (χ4v) is 4.61. The van der Waals surface area contributed by atoms with Crippen LogP contribution in [-0.2, 0) is 19.1 Å². The number of methoxy groups -OCH3 is 1. The van der Waals surface area contributed by atoms with Crippen molar-refractivity contribution in [3.8, 4) is 0 Å². The van der Waals surface area contributed by atoms with Gasteiger partial charge in [-0.2, -0.15) is 0 Å². The molecule has 1 aliphatic rings. The molecule has 0 atom stereocenters. The Balaban J connectivity index is 1.67. The van der Waals surface area contributed by atoms with Gasteiger partial charge in [0.15, 0.2) is 0 Å². The SMILES string of the molecule is CCCOC(=O)c1ccc(N2C(=O)C(Nc3cccc(C(=O)OC)c3)=C(Sc3ccc(C)cc3)C2=O)cc1. The molecule has 38 heavy (non-hydrogen) atoms. The highest BCUT2D eigenvalue weighted by atomic mass is 32.2. The van der Waals surface area contributed by atoms with Gasteiger partial charge in [-0.3, -0.25) is 9.59 Å². The second-order valence-electron chi connectivity index (χ2n) is 8.45. The van der Waals surface area contributed by atoms with Crippen molar-refractivity contribution >= 4 is 46.9 Å². The van der Waals surface area contributed by atoms with E-state index in [1.807, 2.05) is 38.1 Å². The number of nitrogens with one attached hydrogen (secondary N) is 1. The van der Waals surface area contributed by atoms with E-state index in [4.69, 9.17) is 9.47 Å². The van der Waals surface area contributed by atoms with Gasteiger partial charge in [0.25, 0.3) is 11.8 Å². The molecule has 0 radical (unpaired) electrons. The van der Waals surface area contributed by atoms with Crippen LogP contribution in [-0.4, -0.2) is 37.5 Å². The van der Waals surface area contributed by atoms with Gasteiger partial charge in [-0.1, -0.05) is 42.4 Å². The number of esters is 2. The van der Waals surface area contributed by atoms with E-state index in [9.17, 15) is 19.2 Å². The van der Waals surface area contributed by atoms with Crippen molar-refractivity contribution in [3.05, 3.63) is 100 Å². The third-order valence-electron chi connectivity index (χ3n) is 5.63. The van der Waals surface area contributed by atoms with Crippen LogP contribution in [0.1, 0.15) is 39.6 Å². The van der Waals surface area contributed by atoms with Gasteiger partial charge in [-0.25, -0.2) is 14.5 Å². The van der Waals surface area contributed by atoms with Gasteiger partial charge in [0.1, 0.15) is 10.6 Å². The largest absolute Gasteiger partial charge is 0.465 e. The summed E-state index contributed by atoms with van der Waals surface area (Å²) in [6.45, 7) is 4.17. The Morgan fingerprint density at radius 1 is 0.895 bits per heavy atom. The summed E-state index contributed by atoms with van der Waals surface area (Å²) in [4.78, 5) is 53.4. The minimum Gasteiger partial charge on any atom is -0.465 e. The van der Waals surface area contributed by atoms with E-state index in [1.54, 1.807) is 24.3 Å². The maximum Gasteiger partial charge on any atom is 0.338 e. The summed E-state index contributed by atoms with van der Waals surface area (Å²) < 4.78 is 9.94. The molecule has 194 valence electrons. The highest BCUT2D eigenvalue weighted by molar-refractivity contribution is 8.04. The first-order chi connectivity index (χ1) is 18.3. The van der Waals surface area contributed by atoms with Crippen LogP contribution in [0, 0.1) is 6.92 Å². The monoisotopic (exact) mass is 530 g/mol. The van der Waals surface area contributed by atoms with Crippen molar-refractivity contribution in [3.63, 3.8) is 0 Å². The van der Waals surface area contributed by atoms with Gasteiger partial charge < -0.3 is 14.8 Å². The van der Waals surface area contributed by atoms with Crippen molar-refractivity contribution in [1.29, 1.82) is 0 Å². The van der Waals surface area contributed by atoms with E-state index < -0.39 is 23.8 Å². The van der Waals surface area contributed by atoms with Crippen LogP contribution < -0.4 is 10.2 Å². The zero-order valence-electron chi connectivity index (χ0n) is 21.1. The van der Waals surface area contributed by atoms with E-state index >= 15 is 0 Å². The van der Waals surface area contributed by atoms with Crippen LogP contribution in [0.3, 0.4) is 0 Å². The van der Waals surface area contributed by atoms with Gasteiger partial charge in [-0.05, 0) is 67.9 Å². The minimum absolute atomic E-state index is 0.0778. The number of hydrogen-bond donors (Lipinski definition) is 1. The number of hydrogen-bond acceptors (Lipinski definition) is 8. The lowest BCUT2D eigenvalue weighted by Crippen LogP contribution is -2.32. The van der Waals surface area contributed by atoms with Gasteiger partial charge in [0, 0.05) is 10.6 Å². The number of thioether (sulfide) groups is 1. The predicted octanol–water partition coefficient (Wildman–Crippen LogP) is 5.34. The van der Waals surface area contributed by atoms with Crippen LogP contribution in [0.4, 0.5) is 11.4 Å². The Labute approximate surface area is 224 Å². The molecule has 0 aromatic heterocycles. The molecule has 8 nitrogen and oxygen atoms in total. The van der Waals surface area contributed by atoms with E-state index in [0.717, 1.165) is 15.4 Å². The summed E-state index contributed by atoms with van der Waals surface area (Å²) in [6.07, 6.45) is 0.700. The molecule has 1 heterocycles.